The second-order valence-electron chi connectivity index (χ2n) is 3.75. The Hall–Kier alpha value is -2.02. The van der Waals surface area contributed by atoms with Gasteiger partial charge >= 0.3 is 0 Å². The highest BCUT2D eigenvalue weighted by Crippen LogP contribution is 2.27. The summed E-state index contributed by atoms with van der Waals surface area (Å²) in [6, 6.07) is 7.59. The summed E-state index contributed by atoms with van der Waals surface area (Å²) in [5, 5.41) is 20.7. The van der Waals surface area contributed by atoms with Crippen LogP contribution in [0.25, 0.3) is 0 Å². The summed E-state index contributed by atoms with van der Waals surface area (Å²) in [7, 11) is 0. The lowest BCUT2D eigenvalue weighted by Crippen LogP contribution is -2.08. The van der Waals surface area contributed by atoms with E-state index in [-0.39, 0.29) is 0 Å². The number of fused-ring (bicyclic) bond motifs is 1. The smallest absolute Gasteiger partial charge is 0.181 e. The summed E-state index contributed by atoms with van der Waals surface area (Å²) in [5.74, 6) is 0.687. The first kappa shape index (κ1) is 10.5. The van der Waals surface area contributed by atoms with E-state index in [1.54, 1.807) is 13.0 Å². The van der Waals surface area contributed by atoms with Gasteiger partial charge in [0.25, 0.3) is 0 Å². The molecule has 4 heteroatoms. The highest BCUT2D eigenvalue weighted by atomic mass is 16.5. The predicted molar refractivity (Wildman–Crippen MR) is 58.8 cm³/mol. The van der Waals surface area contributed by atoms with Crippen LogP contribution in [0.5, 0.6) is 5.75 Å². The van der Waals surface area contributed by atoms with Crippen molar-refractivity contribution < 1.29 is 9.94 Å². The van der Waals surface area contributed by atoms with Crippen LogP contribution in [0.1, 0.15) is 24.5 Å². The molecule has 0 saturated heterocycles. The van der Waals surface area contributed by atoms with Crippen molar-refractivity contribution in [2.45, 2.75) is 25.9 Å². The SMILES string of the molecule is CC(C#N)Oc1ccc2c(c1)CC/C2=N\O. The Morgan fingerprint density at radius 2 is 2.31 bits per heavy atom. The zero-order valence-corrected chi connectivity index (χ0v) is 8.97. The third-order valence-corrected chi connectivity index (χ3v) is 2.63. The van der Waals surface area contributed by atoms with Crippen molar-refractivity contribution >= 4 is 5.71 Å². The van der Waals surface area contributed by atoms with E-state index in [9.17, 15) is 0 Å². The summed E-state index contributed by atoms with van der Waals surface area (Å²) in [5.41, 5.74) is 2.80. The standard InChI is InChI=1S/C12H12N2O2/c1-8(7-13)16-10-3-4-11-9(6-10)2-5-12(11)14-15/h3-4,6,8,15H,2,5H2,1H3/b14-12+. The summed E-state index contributed by atoms with van der Waals surface area (Å²) in [6.45, 7) is 1.70. The number of hydrogen-bond donors (Lipinski definition) is 1. The van der Waals surface area contributed by atoms with Crippen LogP contribution in [-0.2, 0) is 6.42 Å². The fraction of sp³-hybridized carbons (Fsp3) is 0.333. The molecule has 16 heavy (non-hydrogen) atoms. The molecule has 1 atom stereocenters. The van der Waals surface area contributed by atoms with E-state index in [0.717, 1.165) is 29.7 Å². The van der Waals surface area contributed by atoms with Gasteiger partial charge in [0.05, 0.1) is 5.71 Å². The molecule has 0 radical (unpaired) electrons. The molecule has 0 bridgehead atoms. The summed E-state index contributed by atoms with van der Waals surface area (Å²) >= 11 is 0. The van der Waals surface area contributed by atoms with E-state index in [2.05, 4.69) is 5.16 Å². The van der Waals surface area contributed by atoms with Crippen LogP contribution >= 0.6 is 0 Å². The average Bonchev–Trinajstić information content (AvgIpc) is 2.71. The number of nitrogens with zero attached hydrogens (tertiary/aromatic N) is 2. The molecule has 1 aliphatic carbocycles. The van der Waals surface area contributed by atoms with Crippen LogP contribution in [0.4, 0.5) is 0 Å². The Labute approximate surface area is 93.8 Å². The molecule has 1 aromatic carbocycles. The van der Waals surface area contributed by atoms with Gasteiger partial charge in [0.15, 0.2) is 6.10 Å². The van der Waals surface area contributed by atoms with Gasteiger partial charge < -0.3 is 9.94 Å². The fourth-order valence-corrected chi connectivity index (χ4v) is 1.85. The Morgan fingerprint density at radius 3 is 3.00 bits per heavy atom. The Bertz CT molecular complexity index is 474. The van der Waals surface area contributed by atoms with Gasteiger partial charge in [-0.25, -0.2) is 0 Å². The first-order valence-corrected chi connectivity index (χ1v) is 5.15. The molecular formula is C12H12N2O2. The predicted octanol–water partition coefficient (Wildman–Crippen LogP) is 2.10. The molecule has 2 rings (SSSR count). The normalized spacial score (nSPS) is 17.9. The van der Waals surface area contributed by atoms with Crippen molar-refractivity contribution in [3.05, 3.63) is 29.3 Å². The molecular weight excluding hydrogens is 204 g/mol. The van der Waals surface area contributed by atoms with E-state index in [1.807, 2.05) is 18.2 Å². The van der Waals surface area contributed by atoms with Gasteiger partial charge in [-0.1, -0.05) is 5.16 Å². The first-order valence-electron chi connectivity index (χ1n) is 5.15. The van der Waals surface area contributed by atoms with Crippen molar-refractivity contribution in [3.8, 4) is 11.8 Å². The minimum atomic E-state index is -0.453. The number of aryl methyl sites for hydroxylation is 1. The lowest BCUT2D eigenvalue weighted by molar-refractivity contribution is 0.276. The molecule has 0 fully saturated rings. The molecule has 1 aliphatic rings. The van der Waals surface area contributed by atoms with E-state index >= 15 is 0 Å². The lowest BCUT2D eigenvalue weighted by atomic mass is 10.1. The van der Waals surface area contributed by atoms with Gasteiger partial charge in [0.1, 0.15) is 11.8 Å². The summed E-state index contributed by atoms with van der Waals surface area (Å²) in [6.07, 6.45) is 1.15. The van der Waals surface area contributed by atoms with Crippen molar-refractivity contribution in [1.82, 2.24) is 0 Å². The van der Waals surface area contributed by atoms with E-state index in [0.29, 0.717) is 5.75 Å². The maximum atomic E-state index is 8.78. The van der Waals surface area contributed by atoms with Gasteiger partial charge in [-0.15, -0.1) is 0 Å². The highest BCUT2D eigenvalue weighted by Gasteiger charge is 2.18. The highest BCUT2D eigenvalue weighted by molar-refractivity contribution is 6.04. The summed E-state index contributed by atoms with van der Waals surface area (Å²) < 4.78 is 5.39. The molecule has 4 nitrogen and oxygen atoms in total. The van der Waals surface area contributed by atoms with Crippen molar-refractivity contribution in [1.29, 1.82) is 5.26 Å². The zero-order valence-electron chi connectivity index (χ0n) is 8.97. The van der Waals surface area contributed by atoms with E-state index < -0.39 is 6.10 Å². The molecule has 1 aromatic rings. The zero-order chi connectivity index (χ0) is 11.5. The molecule has 0 aromatic heterocycles. The molecule has 1 unspecified atom stereocenters. The van der Waals surface area contributed by atoms with Gasteiger partial charge in [-0.3, -0.25) is 0 Å². The van der Waals surface area contributed by atoms with Crippen LogP contribution in [0.2, 0.25) is 0 Å². The van der Waals surface area contributed by atoms with Crippen LogP contribution in [0, 0.1) is 11.3 Å². The Balaban J connectivity index is 2.26. The number of nitriles is 1. The molecule has 1 N–H and O–H groups in total. The lowest BCUT2D eigenvalue weighted by Gasteiger charge is -2.08. The third-order valence-electron chi connectivity index (χ3n) is 2.63. The monoisotopic (exact) mass is 216 g/mol. The van der Waals surface area contributed by atoms with Crippen LogP contribution < -0.4 is 4.74 Å². The number of oxime groups is 1. The van der Waals surface area contributed by atoms with Crippen molar-refractivity contribution in [3.63, 3.8) is 0 Å². The Kier molecular flexibility index (Phi) is 2.78. The Morgan fingerprint density at radius 1 is 1.50 bits per heavy atom. The minimum absolute atomic E-state index is 0.453. The van der Waals surface area contributed by atoms with E-state index in [1.165, 1.54) is 0 Å². The van der Waals surface area contributed by atoms with Crippen LogP contribution in [0.15, 0.2) is 23.4 Å². The number of hydrogen-bond acceptors (Lipinski definition) is 4. The number of ether oxygens (including phenoxy) is 1. The van der Waals surface area contributed by atoms with Crippen LogP contribution in [-0.4, -0.2) is 17.0 Å². The van der Waals surface area contributed by atoms with Crippen molar-refractivity contribution in [2.24, 2.45) is 5.16 Å². The topological polar surface area (TPSA) is 65.6 Å². The molecule has 0 amide bonds. The molecule has 0 aliphatic heterocycles. The maximum absolute atomic E-state index is 8.78. The van der Waals surface area contributed by atoms with Gasteiger partial charge in [-0.2, -0.15) is 5.26 Å². The summed E-state index contributed by atoms with van der Waals surface area (Å²) in [4.78, 5) is 0. The molecule has 0 heterocycles. The molecule has 0 spiro atoms. The average molecular weight is 216 g/mol. The second kappa shape index (κ2) is 4.23. The van der Waals surface area contributed by atoms with Gasteiger partial charge in [-0.05, 0) is 43.5 Å². The largest absolute Gasteiger partial charge is 0.476 e. The van der Waals surface area contributed by atoms with Gasteiger partial charge in [0, 0.05) is 5.56 Å². The first-order chi connectivity index (χ1) is 7.74. The second-order valence-corrected chi connectivity index (χ2v) is 3.75. The minimum Gasteiger partial charge on any atom is -0.476 e. The third kappa shape index (κ3) is 1.84. The van der Waals surface area contributed by atoms with Gasteiger partial charge in [0.2, 0.25) is 0 Å². The van der Waals surface area contributed by atoms with E-state index in [4.69, 9.17) is 15.2 Å². The van der Waals surface area contributed by atoms with Crippen LogP contribution in [0.3, 0.4) is 0 Å². The number of benzene rings is 1. The fourth-order valence-electron chi connectivity index (χ4n) is 1.85. The maximum Gasteiger partial charge on any atom is 0.181 e. The quantitative estimate of drug-likeness (QED) is 0.608. The molecule has 82 valence electrons. The van der Waals surface area contributed by atoms with Crippen molar-refractivity contribution in [2.75, 3.05) is 0 Å². The number of rotatable bonds is 2. The molecule has 0 saturated carbocycles.